The molecule has 0 amide bonds. The molecule has 21 heavy (non-hydrogen) atoms. The molecular weight excluding hydrogens is 258 g/mol. The second-order valence-electron chi connectivity index (χ2n) is 5.55. The zero-order chi connectivity index (χ0) is 14.0. The van der Waals surface area contributed by atoms with E-state index in [9.17, 15) is 0 Å². The Morgan fingerprint density at radius 3 is 2.71 bits per heavy atom. The summed E-state index contributed by atoms with van der Waals surface area (Å²) in [6, 6.07) is 14.9. The van der Waals surface area contributed by atoms with E-state index in [0.717, 1.165) is 28.5 Å². The Kier molecular flexibility index (Phi) is 1.97. The van der Waals surface area contributed by atoms with Gasteiger partial charge in [0.2, 0.25) is 0 Å². The molecule has 0 bridgehead atoms. The van der Waals surface area contributed by atoms with E-state index in [1.165, 1.54) is 27.1 Å². The molecule has 0 fully saturated rings. The summed E-state index contributed by atoms with van der Waals surface area (Å²) in [5, 5.41) is 6.10. The lowest BCUT2D eigenvalue weighted by Crippen LogP contribution is -1.86. The van der Waals surface area contributed by atoms with Gasteiger partial charge in [-0.05, 0) is 34.9 Å². The van der Waals surface area contributed by atoms with Crippen molar-refractivity contribution in [3.63, 3.8) is 0 Å². The molecule has 0 radical (unpaired) electrons. The second-order valence-corrected chi connectivity index (χ2v) is 5.55. The first-order valence-electron chi connectivity index (χ1n) is 7.30. The summed E-state index contributed by atoms with van der Waals surface area (Å²) in [5.74, 6) is 0. The van der Waals surface area contributed by atoms with Crippen molar-refractivity contribution in [3.05, 3.63) is 54.2 Å². The van der Waals surface area contributed by atoms with E-state index in [1.54, 1.807) is 0 Å². The average molecular weight is 271 g/mol. The Hall–Kier alpha value is -2.61. The van der Waals surface area contributed by atoms with Gasteiger partial charge in [-0.2, -0.15) is 0 Å². The number of rotatable bonds is 1. The Bertz CT molecular complexity index is 1120. The van der Waals surface area contributed by atoms with Gasteiger partial charge in [0.1, 0.15) is 11.2 Å². The second kappa shape index (κ2) is 3.73. The number of hydrogen-bond donors (Lipinski definition) is 0. The van der Waals surface area contributed by atoms with E-state index in [-0.39, 0.29) is 0 Å². The quantitative estimate of drug-likeness (QED) is 0.387. The highest BCUT2D eigenvalue weighted by atomic mass is 16.3. The molecule has 3 aromatic carbocycles. The predicted octanol–water partition coefficient (Wildman–Crippen LogP) is 5.29. The molecule has 2 nitrogen and oxygen atoms in total. The fourth-order valence-electron chi connectivity index (χ4n) is 3.43. The van der Waals surface area contributed by atoms with Gasteiger partial charge in [0, 0.05) is 17.0 Å². The number of benzene rings is 3. The van der Waals surface area contributed by atoms with Crippen molar-refractivity contribution in [2.75, 3.05) is 0 Å². The Morgan fingerprint density at radius 2 is 1.81 bits per heavy atom. The summed E-state index contributed by atoms with van der Waals surface area (Å²) in [6.45, 7) is 2.19. The average Bonchev–Trinajstić information content (AvgIpc) is 2.93. The minimum absolute atomic E-state index is 0.924. The molecule has 0 unspecified atom stereocenters. The van der Waals surface area contributed by atoms with Crippen LogP contribution in [0.5, 0.6) is 0 Å². The predicted molar refractivity (Wildman–Crippen MR) is 87.1 cm³/mol. The molecule has 0 saturated carbocycles. The third-order valence-corrected chi connectivity index (χ3v) is 4.45. The van der Waals surface area contributed by atoms with Crippen LogP contribution in [0.15, 0.2) is 53.1 Å². The number of aromatic nitrogens is 1. The number of aryl methyl sites for hydroxylation is 1. The number of nitrogens with zero attached hydrogens (tertiary/aromatic N) is 1. The monoisotopic (exact) mass is 271 g/mol. The first-order valence-corrected chi connectivity index (χ1v) is 7.30. The van der Waals surface area contributed by atoms with Crippen LogP contribution in [-0.4, -0.2) is 4.98 Å². The van der Waals surface area contributed by atoms with Crippen LogP contribution in [-0.2, 0) is 6.42 Å². The molecule has 2 aromatic heterocycles. The number of pyridine rings is 1. The van der Waals surface area contributed by atoms with Gasteiger partial charge in [0.25, 0.3) is 0 Å². The van der Waals surface area contributed by atoms with Crippen LogP contribution in [0.1, 0.15) is 12.5 Å². The standard InChI is InChI=1S/C19H13NO/c1-2-11-6-7-13-14(10-11)12-4-3-5-15-17(12)18-16(21-15)8-9-20-19(13)18/h3-10H,2H2,1H3. The van der Waals surface area contributed by atoms with Crippen LogP contribution >= 0.6 is 0 Å². The maximum absolute atomic E-state index is 6.00. The zero-order valence-electron chi connectivity index (χ0n) is 11.7. The van der Waals surface area contributed by atoms with Crippen LogP contribution in [0.4, 0.5) is 0 Å². The molecule has 5 rings (SSSR count). The molecule has 0 saturated heterocycles. The van der Waals surface area contributed by atoms with Crippen LogP contribution in [0.2, 0.25) is 0 Å². The molecule has 0 aliphatic heterocycles. The minimum atomic E-state index is 0.924. The largest absolute Gasteiger partial charge is 0.456 e. The highest BCUT2D eigenvalue weighted by Gasteiger charge is 2.17. The third kappa shape index (κ3) is 1.30. The van der Waals surface area contributed by atoms with Crippen LogP contribution < -0.4 is 0 Å². The molecule has 0 aliphatic carbocycles. The topological polar surface area (TPSA) is 26.0 Å². The molecule has 0 aliphatic rings. The molecular formula is C19H13NO. The Balaban J connectivity index is 2.21. The van der Waals surface area contributed by atoms with E-state index in [2.05, 4.69) is 42.2 Å². The normalized spacial score (nSPS) is 12.2. The highest BCUT2D eigenvalue weighted by Crippen LogP contribution is 2.41. The number of furan rings is 1. The molecule has 0 N–H and O–H groups in total. The van der Waals surface area contributed by atoms with Crippen LogP contribution in [0.3, 0.4) is 0 Å². The molecule has 0 atom stereocenters. The van der Waals surface area contributed by atoms with E-state index >= 15 is 0 Å². The summed E-state index contributed by atoms with van der Waals surface area (Å²) in [7, 11) is 0. The Labute approximate surface area is 121 Å². The zero-order valence-corrected chi connectivity index (χ0v) is 11.7. The fraction of sp³-hybridized carbons (Fsp3) is 0.105. The van der Waals surface area contributed by atoms with E-state index in [0.29, 0.717) is 0 Å². The van der Waals surface area contributed by atoms with E-state index in [4.69, 9.17) is 4.42 Å². The van der Waals surface area contributed by atoms with Gasteiger partial charge in [-0.1, -0.05) is 37.3 Å². The van der Waals surface area contributed by atoms with Gasteiger partial charge in [-0.15, -0.1) is 0 Å². The molecule has 2 heterocycles. The fourth-order valence-corrected chi connectivity index (χ4v) is 3.43. The lowest BCUT2D eigenvalue weighted by atomic mass is 9.95. The molecule has 5 aromatic rings. The summed E-state index contributed by atoms with van der Waals surface area (Å²) in [6.07, 6.45) is 2.88. The smallest absolute Gasteiger partial charge is 0.139 e. The van der Waals surface area contributed by atoms with Gasteiger partial charge in [0.15, 0.2) is 0 Å². The van der Waals surface area contributed by atoms with Gasteiger partial charge in [-0.3, -0.25) is 4.98 Å². The van der Waals surface area contributed by atoms with E-state index in [1.807, 2.05) is 18.3 Å². The molecule has 0 spiro atoms. The first kappa shape index (κ1) is 11.1. The van der Waals surface area contributed by atoms with Crippen molar-refractivity contribution in [2.45, 2.75) is 13.3 Å². The van der Waals surface area contributed by atoms with Crippen molar-refractivity contribution in [1.82, 2.24) is 4.98 Å². The van der Waals surface area contributed by atoms with Gasteiger partial charge in [-0.25, -0.2) is 0 Å². The maximum atomic E-state index is 6.00. The number of fused-ring (bicyclic) bond motifs is 3. The third-order valence-electron chi connectivity index (χ3n) is 4.45. The van der Waals surface area contributed by atoms with E-state index < -0.39 is 0 Å². The summed E-state index contributed by atoms with van der Waals surface area (Å²) >= 11 is 0. The minimum Gasteiger partial charge on any atom is -0.456 e. The van der Waals surface area contributed by atoms with Gasteiger partial charge >= 0.3 is 0 Å². The lowest BCUT2D eigenvalue weighted by molar-refractivity contribution is 0.669. The lowest BCUT2D eigenvalue weighted by Gasteiger charge is -2.08. The van der Waals surface area contributed by atoms with Crippen molar-refractivity contribution < 1.29 is 4.42 Å². The van der Waals surface area contributed by atoms with Crippen molar-refractivity contribution in [1.29, 1.82) is 0 Å². The summed E-state index contributed by atoms with van der Waals surface area (Å²) in [5.41, 5.74) is 4.27. The maximum Gasteiger partial charge on any atom is 0.139 e. The van der Waals surface area contributed by atoms with Crippen molar-refractivity contribution in [2.24, 2.45) is 0 Å². The van der Waals surface area contributed by atoms with Gasteiger partial charge in [0.05, 0.1) is 10.9 Å². The highest BCUT2D eigenvalue weighted by molar-refractivity contribution is 6.31. The number of hydrogen-bond acceptors (Lipinski definition) is 2. The van der Waals surface area contributed by atoms with Crippen LogP contribution in [0.25, 0.3) is 43.6 Å². The van der Waals surface area contributed by atoms with Crippen molar-refractivity contribution in [3.8, 4) is 0 Å². The molecule has 2 heteroatoms. The Morgan fingerprint density at radius 1 is 0.905 bits per heavy atom. The SMILES string of the molecule is CCc1ccc2c(c1)c1cccc3oc4ccnc2c4c31. The summed E-state index contributed by atoms with van der Waals surface area (Å²) < 4.78 is 6.00. The van der Waals surface area contributed by atoms with Gasteiger partial charge < -0.3 is 4.42 Å². The summed E-state index contributed by atoms with van der Waals surface area (Å²) in [4.78, 5) is 4.63. The van der Waals surface area contributed by atoms with Crippen LogP contribution in [0, 0.1) is 0 Å². The first-order chi connectivity index (χ1) is 10.4. The molecule has 100 valence electrons. The van der Waals surface area contributed by atoms with Crippen molar-refractivity contribution >= 4 is 43.6 Å².